The Kier molecular flexibility index (Phi) is 6.84. The van der Waals surface area contributed by atoms with Crippen molar-refractivity contribution < 1.29 is 13.5 Å². The van der Waals surface area contributed by atoms with E-state index in [-0.39, 0.29) is 5.88 Å². The van der Waals surface area contributed by atoms with Crippen LogP contribution in [0.25, 0.3) is 11.1 Å². The molecule has 3 rings (SSSR count). The molecule has 0 atom stereocenters. The molecule has 0 spiro atoms. The van der Waals surface area contributed by atoms with Gasteiger partial charge in [0.15, 0.2) is 6.61 Å². The van der Waals surface area contributed by atoms with E-state index in [1.54, 1.807) is 36.8 Å². The lowest BCUT2D eigenvalue weighted by Crippen LogP contribution is -2.09. The normalized spacial score (nSPS) is 11.0. The number of alkyl halides is 2. The van der Waals surface area contributed by atoms with E-state index in [1.165, 1.54) is 0 Å². The number of aromatic nitrogens is 3. The van der Waals surface area contributed by atoms with E-state index < -0.39 is 13.0 Å². The molecular weight excluding hydrogens is 386 g/mol. The van der Waals surface area contributed by atoms with Crippen LogP contribution in [0.1, 0.15) is 17.0 Å². The van der Waals surface area contributed by atoms with Gasteiger partial charge in [-0.2, -0.15) is 0 Å². The molecule has 0 saturated heterocycles. The third-order valence-electron chi connectivity index (χ3n) is 3.92. The van der Waals surface area contributed by atoms with Gasteiger partial charge in [-0.3, -0.25) is 0 Å². The van der Waals surface area contributed by atoms with Gasteiger partial charge in [0.2, 0.25) is 5.88 Å². The molecule has 28 heavy (non-hydrogen) atoms. The van der Waals surface area contributed by atoms with Gasteiger partial charge >= 0.3 is 0 Å². The van der Waals surface area contributed by atoms with E-state index in [2.05, 4.69) is 15.0 Å². The number of hydrogen-bond acceptors (Lipinski definition) is 5. The molecule has 2 N–H and O–H groups in total. The topological polar surface area (TPSA) is 73.9 Å². The van der Waals surface area contributed by atoms with Gasteiger partial charge in [-0.15, -0.1) is 0 Å². The largest absolute Gasteiger partial charge is 0.471 e. The number of ether oxygens (including phenoxy) is 1. The summed E-state index contributed by atoms with van der Waals surface area (Å²) in [6, 6.07) is 8.94. The molecule has 1 aromatic carbocycles. The predicted molar refractivity (Wildman–Crippen MR) is 104 cm³/mol. The molecule has 0 radical (unpaired) electrons. The molecule has 146 valence electrons. The fourth-order valence-corrected chi connectivity index (χ4v) is 2.87. The monoisotopic (exact) mass is 404 g/mol. The lowest BCUT2D eigenvalue weighted by atomic mass is 10.0. The number of nitrogens with zero attached hydrogens (tertiary/aromatic N) is 3. The van der Waals surface area contributed by atoms with Gasteiger partial charge in [-0.25, -0.2) is 23.7 Å². The second-order valence-electron chi connectivity index (χ2n) is 6.13. The Morgan fingerprint density at radius 2 is 1.79 bits per heavy atom. The molecular formula is C20H19ClF2N4O. The van der Waals surface area contributed by atoms with Gasteiger partial charge in [0, 0.05) is 42.0 Å². The molecule has 0 amide bonds. The predicted octanol–water partition coefficient (Wildman–Crippen LogP) is 3.93. The average Bonchev–Trinajstić information content (AvgIpc) is 2.68. The van der Waals surface area contributed by atoms with E-state index in [1.807, 2.05) is 12.1 Å². The van der Waals surface area contributed by atoms with Crippen LogP contribution in [0, 0.1) is 0 Å². The van der Waals surface area contributed by atoms with Gasteiger partial charge in [0.25, 0.3) is 6.43 Å². The smallest absolute Gasteiger partial charge is 0.272 e. The molecule has 0 unspecified atom stereocenters. The molecule has 5 nitrogen and oxygen atoms in total. The maximum Gasteiger partial charge on any atom is 0.272 e. The molecule has 3 aromatic rings. The van der Waals surface area contributed by atoms with Crippen molar-refractivity contribution in [3.8, 4) is 17.0 Å². The molecule has 0 fully saturated rings. The van der Waals surface area contributed by atoms with E-state index in [0.29, 0.717) is 35.8 Å². The Hall–Kier alpha value is -2.64. The molecule has 0 aliphatic carbocycles. The number of pyridine rings is 1. The van der Waals surface area contributed by atoms with E-state index in [4.69, 9.17) is 22.1 Å². The average molecular weight is 405 g/mol. The van der Waals surface area contributed by atoms with Crippen LogP contribution in [0.4, 0.5) is 8.78 Å². The van der Waals surface area contributed by atoms with E-state index >= 15 is 0 Å². The lowest BCUT2D eigenvalue weighted by molar-refractivity contribution is 0.0799. The zero-order valence-corrected chi connectivity index (χ0v) is 15.7. The number of halogens is 3. The van der Waals surface area contributed by atoms with Crippen molar-refractivity contribution in [2.45, 2.75) is 19.3 Å². The maximum atomic E-state index is 12.6. The standard InChI is InChI=1S/C20H19ClF2N4O/c21-16-3-1-2-15(8-16)17-7-13(9-27-20(17)28-12-18(22)23)6-14-10-25-19(4-5-24)26-11-14/h1-3,7-11,18H,4-6,12,24H2. The van der Waals surface area contributed by atoms with E-state index in [0.717, 1.165) is 16.7 Å². The molecule has 0 aliphatic rings. The summed E-state index contributed by atoms with van der Waals surface area (Å²) >= 11 is 6.08. The maximum absolute atomic E-state index is 12.6. The minimum absolute atomic E-state index is 0.140. The van der Waals surface area contributed by atoms with Crippen LogP contribution >= 0.6 is 11.6 Å². The van der Waals surface area contributed by atoms with Gasteiger partial charge < -0.3 is 10.5 Å². The summed E-state index contributed by atoms with van der Waals surface area (Å²) < 4.78 is 30.4. The van der Waals surface area contributed by atoms with Gasteiger partial charge in [0.1, 0.15) is 5.82 Å². The third-order valence-corrected chi connectivity index (χ3v) is 4.16. The summed E-state index contributed by atoms with van der Waals surface area (Å²) in [6.07, 6.45) is 3.67. The van der Waals surface area contributed by atoms with Crippen LogP contribution in [0.3, 0.4) is 0 Å². The van der Waals surface area contributed by atoms with Gasteiger partial charge in [-0.05, 0) is 41.4 Å². The summed E-state index contributed by atoms with van der Waals surface area (Å²) in [7, 11) is 0. The van der Waals surface area contributed by atoms with Crippen LogP contribution in [0.5, 0.6) is 5.88 Å². The Balaban J connectivity index is 1.89. The lowest BCUT2D eigenvalue weighted by Gasteiger charge is -2.12. The summed E-state index contributed by atoms with van der Waals surface area (Å²) in [5, 5.41) is 0.534. The zero-order valence-electron chi connectivity index (χ0n) is 15.0. The van der Waals surface area contributed by atoms with Crippen molar-refractivity contribution in [3.05, 3.63) is 70.9 Å². The number of benzene rings is 1. The fraction of sp³-hybridized carbons (Fsp3) is 0.250. The van der Waals surface area contributed by atoms with Gasteiger partial charge in [0.05, 0.1) is 0 Å². The fourth-order valence-electron chi connectivity index (χ4n) is 2.68. The summed E-state index contributed by atoms with van der Waals surface area (Å²) in [5.74, 6) is 0.834. The Morgan fingerprint density at radius 3 is 2.46 bits per heavy atom. The summed E-state index contributed by atoms with van der Waals surface area (Å²) in [5.41, 5.74) is 8.61. The van der Waals surface area contributed by atoms with Crippen molar-refractivity contribution >= 4 is 11.6 Å². The van der Waals surface area contributed by atoms with Crippen LogP contribution in [-0.4, -0.2) is 34.5 Å². The van der Waals surface area contributed by atoms with Crippen LogP contribution in [-0.2, 0) is 12.8 Å². The molecule has 8 heteroatoms. The van der Waals surface area contributed by atoms with Crippen molar-refractivity contribution in [2.24, 2.45) is 5.73 Å². The second-order valence-corrected chi connectivity index (χ2v) is 6.57. The first-order valence-corrected chi connectivity index (χ1v) is 9.08. The van der Waals surface area contributed by atoms with Gasteiger partial charge in [-0.1, -0.05) is 23.7 Å². The van der Waals surface area contributed by atoms with Crippen molar-refractivity contribution in [1.82, 2.24) is 15.0 Å². The first-order valence-electron chi connectivity index (χ1n) is 8.71. The van der Waals surface area contributed by atoms with Crippen molar-refractivity contribution in [3.63, 3.8) is 0 Å². The SMILES string of the molecule is NCCc1ncc(Cc2cnc(OCC(F)F)c(-c3cccc(Cl)c3)c2)cn1. The summed E-state index contributed by atoms with van der Waals surface area (Å²) in [4.78, 5) is 12.8. The first kappa shape index (κ1) is 20.1. The zero-order chi connectivity index (χ0) is 19.9. The molecule has 0 aliphatic heterocycles. The number of rotatable bonds is 8. The third kappa shape index (κ3) is 5.43. The van der Waals surface area contributed by atoms with Crippen molar-refractivity contribution in [2.75, 3.05) is 13.2 Å². The Bertz CT molecular complexity index is 922. The Labute approximate surface area is 166 Å². The number of nitrogens with two attached hydrogens (primary N) is 1. The molecule has 0 bridgehead atoms. The Morgan fingerprint density at radius 1 is 1.04 bits per heavy atom. The van der Waals surface area contributed by atoms with Crippen LogP contribution < -0.4 is 10.5 Å². The highest BCUT2D eigenvalue weighted by Crippen LogP contribution is 2.31. The minimum atomic E-state index is -2.59. The number of hydrogen-bond donors (Lipinski definition) is 1. The highest BCUT2D eigenvalue weighted by molar-refractivity contribution is 6.30. The highest BCUT2D eigenvalue weighted by Gasteiger charge is 2.13. The minimum Gasteiger partial charge on any atom is -0.471 e. The quantitative estimate of drug-likeness (QED) is 0.615. The highest BCUT2D eigenvalue weighted by atomic mass is 35.5. The molecule has 0 saturated carbocycles. The molecule has 2 heterocycles. The first-order chi connectivity index (χ1) is 13.5. The summed E-state index contributed by atoms with van der Waals surface area (Å²) in [6.45, 7) is -0.233. The van der Waals surface area contributed by atoms with E-state index in [9.17, 15) is 8.78 Å². The van der Waals surface area contributed by atoms with Crippen molar-refractivity contribution in [1.29, 1.82) is 0 Å². The van der Waals surface area contributed by atoms with Crippen LogP contribution in [0.2, 0.25) is 5.02 Å². The second kappa shape index (κ2) is 9.52. The van der Waals surface area contributed by atoms with Crippen LogP contribution in [0.15, 0.2) is 48.9 Å². The molecule has 2 aromatic heterocycles.